The molecule has 0 aromatic heterocycles. The number of phenols is 2. The number of aliphatic carboxylic acids is 1. The predicted octanol–water partition coefficient (Wildman–Crippen LogP) is 1.45. The zero-order valence-electron chi connectivity index (χ0n) is 23.3. The molecule has 2 aromatic carbocycles. The van der Waals surface area contributed by atoms with Gasteiger partial charge in [0.05, 0.1) is 6.04 Å². The summed E-state index contributed by atoms with van der Waals surface area (Å²) in [5.74, 6) is -3.66. The van der Waals surface area contributed by atoms with Crippen LogP contribution in [0.2, 0.25) is 0 Å². The molecule has 40 heavy (non-hydrogen) atoms. The number of phenolic OH excluding ortho intramolecular Hbond substituents is 2. The summed E-state index contributed by atoms with van der Waals surface area (Å²) in [7, 11) is 0. The second-order valence-corrected chi connectivity index (χ2v) is 10.3. The Morgan fingerprint density at radius 2 is 1.20 bits per heavy atom. The first-order chi connectivity index (χ1) is 18.8. The van der Waals surface area contributed by atoms with Crippen molar-refractivity contribution in [1.29, 1.82) is 0 Å². The maximum atomic E-state index is 13.5. The first kappa shape index (κ1) is 32.1. The van der Waals surface area contributed by atoms with Crippen LogP contribution in [0.1, 0.15) is 45.2 Å². The van der Waals surface area contributed by atoms with Crippen LogP contribution in [0.5, 0.6) is 11.5 Å². The molecule has 0 aliphatic heterocycles. The van der Waals surface area contributed by atoms with Crippen LogP contribution < -0.4 is 21.7 Å². The van der Waals surface area contributed by atoms with E-state index < -0.39 is 47.9 Å². The number of aromatic hydroxyl groups is 2. The number of carbonyl (C=O) groups is 4. The molecule has 0 saturated heterocycles. The van der Waals surface area contributed by atoms with Crippen molar-refractivity contribution in [3.05, 3.63) is 59.7 Å². The third-order valence-electron chi connectivity index (χ3n) is 6.76. The number of amides is 3. The molecule has 0 radical (unpaired) electrons. The van der Waals surface area contributed by atoms with Crippen molar-refractivity contribution < 1.29 is 34.5 Å². The number of rotatable bonds is 14. The van der Waals surface area contributed by atoms with Crippen LogP contribution in [-0.4, -0.2) is 63.2 Å². The SMILES string of the molecule is CCC(C)C(NC(=O)C(Cc1ccc(O)cc1)NC(=O)C(N)Cc1ccc(O)cc1)C(=O)NC(C(=O)O)C(C)C. The molecule has 2 aromatic rings. The molecule has 218 valence electrons. The average molecular weight is 557 g/mol. The Balaban J connectivity index is 2.26. The monoisotopic (exact) mass is 556 g/mol. The number of carbonyl (C=O) groups excluding carboxylic acids is 3. The summed E-state index contributed by atoms with van der Waals surface area (Å²) in [5, 5.41) is 36.5. The lowest BCUT2D eigenvalue weighted by atomic mass is 9.95. The van der Waals surface area contributed by atoms with Crippen molar-refractivity contribution in [2.75, 3.05) is 0 Å². The van der Waals surface area contributed by atoms with E-state index >= 15 is 0 Å². The van der Waals surface area contributed by atoms with Gasteiger partial charge in [0.25, 0.3) is 0 Å². The fraction of sp³-hybridized carbons (Fsp3) is 0.448. The van der Waals surface area contributed by atoms with Gasteiger partial charge in [0.15, 0.2) is 0 Å². The molecule has 5 unspecified atom stereocenters. The van der Waals surface area contributed by atoms with E-state index in [0.717, 1.165) is 0 Å². The van der Waals surface area contributed by atoms with Gasteiger partial charge in [-0.1, -0.05) is 58.4 Å². The lowest BCUT2D eigenvalue weighted by molar-refractivity contribution is -0.144. The fourth-order valence-electron chi connectivity index (χ4n) is 4.05. The summed E-state index contributed by atoms with van der Waals surface area (Å²) in [6.45, 7) is 6.93. The van der Waals surface area contributed by atoms with E-state index in [9.17, 15) is 34.5 Å². The van der Waals surface area contributed by atoms with Crippen LogP contribution in [0, 0.1) is 11.8 Å². The minimum absolute atomic E-state index is 0.0383. The molecule has 5 atom stereocenters. The van der Waals surface area contributed by atoms with Crippen LogP contribution in [-0.2, 0) is 32.0 Å². The molecule has 11 nitrogen and oxygen atoms in total. The van der Waals surface area contributed by atoms with Gasteiger partial charge in [0.2, 0.25) is 17.7 Å². The van der Waals surface area contributed by atoms with Crippen molar-refractivity contribution in [3.8, 4) is 11.5 Å². The molecule has 0 bridgehead atoms. The Hall–Kier alpha value is -4.12. The molecule has 0 spiro atoms. The van der Waals surface area contributed by atoms with Gasteiger partial charge in [-0.2, -0.15) is 0 Å². The molecule has 0 aliphatic carbocycles. The minimum atomic E-state index is -1.18. The highest BCUT2D eigenvalue weighted by atomic mass is 16.4. The lowest BCUT2D eigenvalue weighted by Gasteiger charge is -2.29. The average Bonchev–Trinajstić information content (AvgIpc) is 2.91. The van der Waals surface area contributed by atoms with Crippen LogP contribution in [0.15, 0.2) is 48.5 Å². The molecule has 8 N–H and O–H groups in total. The maximum absolute atomic E-state index is 13.5. The molecular weight excluding hydrogens is 516 g/mol. The molecular formula is C29H40N4O7. The molecule has 0 saturated carbocycles. The largest absolute Gasteiger partial charge is 0.508 e. The molecule has 0 aliphatic rings. The number of hydrogen-bond acceptors (Lipinski definition) is 7. The fourth-order valence-corrected chi connectivity index (χ4v) is 4.05. The van der Waals surface area contributed by atoms with Crippen LogP contribution in [0.25, 0.3) is 0 Å². The number of carboxylic acid groups (broad SMARTS) is 1. The van der Waals surface area contributed by atoms with Crippen molar-refractivity contribution in [3.63, 3.8) is 0 Å². The van der Waals surface area contributed by atoms with Gasteiger partial charge in [-0.25, -0.2) is 4.79 Å². The summed E-state index contributed by atoms with van der Waals surface area (Å²) in [5.41, 5.74) is 7.47. The van der Waals surface area contributed by atoms with Crippen molar-refractivity contribution in [1.82, 2.24) is 16.0 Å². The number of nitrogens with one attached hydrogen (secondary N) is 3. The van der Waals surface area contributed by atoms with Gasteiger partial charge < -0.3 is 37.0 Å². The molecule has 0 fully saturated rings. The Labute approximate surface area is 234 Å². The van der Waals surface area contributed by atoms with E-state index in [1.54, 1.807) is 45.0 Å². The third-order valence-corrected chi connectivity index (χ3v) is 6.76. The zero-order valence-corrected chi connectivity index (χ0v) is 23.3. The highest BCUT2D eigenvalue weighted by Gasteiger charge is 2.33. The van der Waals surface area contributed by atoms with Gasteiger partial charge in [0, 0.05) is 6.42 Å². The number of benzene rings is 2. The summed E-state index contributed by atoms with van der Waals surface area (Å²) >= 11 is 0. The van der Waals surface area contributed by atoms with E-state index in [-0.39, 0.29) is 36.2 Å². The third kappa shape index (κ3) is 9.57. The van der Waals surface area contributed by atoms with E-state index in [1.807, 2.05) is 6.92 Å². The second kappa shape index (κ2) is 14.9. The maximum Gasteiger partial charge on any atom is 0.326 e. The molecule has 3 amide bonds. The van der Waals surface area contributed by atoms with E-state index in [4.69, 9.17) is 5.73 Å². The standard InChI is InChI=1S/C29H40N4O7/c1-5-17(4)25(28(38)32-24(16(2)3)29(39)40)33-27(37)23(15-19-8-12-21(35)13-9-19)31-26(36)22(30)14-18-6-10-20(34)11-7-18/h6-13,16-17,22-25,34-35H,5,14-15,30H2,1-4H3,(H,31,36)(H,32,38)(H,33,37)(H,39,40). The first-order valence-corrected chi connectivity index (χ1v) is 13.3. The Morgan fingerprint density at radius 3 is 1.65 bits per heavy atom. The van der Waals surface area contributed by atoms with Gasteiger partial charge in [0.1, 0.15) is 29.6 Å². The Morgan fingerprint density at radius 1 is 0.725 bits per heavy atom. The minimum Gasteiger partial charge on any atom is -0.508 e. The van der Waals surface area contributed by atoms with E-state index in [1.165, 1.54) is 24.3 Å². The highest BCUT2D eigenvalue weighted by molar-refractivity contribution is 5.94. The highest BCUT2D eigenvalue weighted by Crippen LogP contribution is 2.15. The lowest BCUT2D eigenvalue weighted by Crippen LogP contribution is -2.59. The van der Waals surface area contributed by atoms with Crippen LogP contribution >= 0.6 is 0 Å². The Bertz CT molecular complexity index is 1150. The number of carboxylic acids is 1. The topological polar surface area (TPSA) is 191 Å². The number of nitrogens with two attached hydrogens (primary N) is 1. The van der Waals surface area contributed by atoms with Gasteiger partial charge in [-0.3, -0.25) is 14.4 Å². The van der Waals surface area contributed by atoms with Gasteiger partial charge >= 0.3 is 5.97 Å². The molecule has 11 heteroatoms. The zero-order chi connectivity index (χ0) is 30.0. The number of hydrogen-bond donors (Lipinski definition) is 7. The van der Waals surface area contributed by atoms with Gasteiger partial charge in [-0.05, 0) is 53.6 Å². The van der Waals surface area contributed by atoms with Crippen molar-refractivity contribution in [2.45, 2.75) is 71.1 Å². The van der Waals surface area contributed by atoms with Crippen molar-refractivity contribution in [2.24, 2.45) is 17.6 Å². The smallest absolute Gasteiger partial charge is 0.326 e. The molecule has 0 heterocycles. The second-order valence-electron chi connectivity index (χ2n) is 10.3. The first-order valence-electron chi connectivity index (χ1n) is 13.3. The van der Waals surface area contributed by atoms with E-state index in [0.29, 0.717) is 17.5 Å². The van der Waals surface area contributed by atoms with Gasteiger partial charge in [-0.15, -0.1) is 0 Å². The van der Waals surface area contributed by atoms with Crippen LogP contribution in [0.3, 0.4) is 0 Å². The van der Waals surface area contributed by atoms with Crippen molar-refractivity contribution >= 4 is 23.7 Å². The molecule has 2 rings (SSSR count). The van der Waals surface area contributed by atoms with E-state index in [2.05, 4.69) is 16.0 Å². The quantitative estimate of drug-likeness (QED) is 0.182. The normalized spacial score (nSPS) is 14.8. The summed E-state index contributed by atoms with van der Waals surface area (Å²) < 4.78 is 0. The predicted molar refractivity (Wildman–Crippen MR) is 149 cm³/mol. The summed E-state index contributed by atoms with van der Waals surface area (Å²) in [6, 6.07) is 8.05. The van der Waals surface area contributed by atoms with Crippen LogP contribution in [0.4, 0.5) is 0 Å². The Kier molecular flexibility index (Phi) is 11.9. The summed E-state index contributed by atoms with van der Waals surface area (Å²) in [6.07, 6.45) is 0.718. The summed E-state index contributed by atoms with van der Waals surface area (Å²) in [4.78, 5) is 51.3.